The third-order valence-electron chi connectivity index (χ3n) is 8.78. The monoisotopic (exact) mass is 563 g/mol. The highest BCUT2D eigenvalue weighted by molar-refractivity contribution is 5.88. The van der Waals surface area contributed by atoms with E-state index in [1.165, 1.54) is 0 Å². The lowest BCUT2D eigenvalue weighted by Crippen LogP contribution is -2.70. The maximum absolute atomic E-state index is 13.3. The van der Waals surface area contributed by atoms with Crippen molar-refractivity contribution in [2.45, 2.75) is 35.9 Å². The van der Waals surface area contributed by atoms with E-state index in [9.17, 15) is 14.4 Å². The molecule has 0 aliphatic heterocycles. The average Bonchev–Trinajstić information content (AvgIpc) is 3.10. The lowest BCUT2D eigenvalue weighted by Gasteiger charge is -2.55. The summed E-state index contributed by atoms with van der Waals surface area (Å²) < 4.78 is 0. The highest BCUT2D eigenvalue weighted by Gasteiger charge is 2.56. The van der Waals surface area contributed by atoms with Crippen LogP contribution in [0, 0.1) is 0 Å². The van der Waals surface area contributed by atoms with E-state index in [4.69, 9.17) is 0 Å². The number of rotatable bonds is 9. The van der Waals surface area contributed by atoms with Crippen LogP contribution in [0.4, 0.5) is 0 Å². The smallest absolute Gasteiger partial charge is 0.144 e. The summed E-state index contributed by atoms with van der Waals surface area (Å²) in [5.41, 5.74) is 2.38. The van der Waals surface area contributed by atoms with Crippen molar-refractivity contribution < 1.29 is 14.4 Å². The Kier molecular flexibility index (Phi) is 7.71. The van der Waals surface area contributed by atoms with E-state index in [0.717, 1.165) is 52.3 Å². The molecule has 212 valence electrons. The lowest BCUT2D eigenvalue weighted by molar-refractivity contribution is -0.138. The van der Waals surface area contributed by atoms with Crippen molar-refractivity contribution in [1.82, 2.24) is 4.90 Å². The van der Waals surface area contributed by atoms with Crippen LogP contribution in [0.25, 0.3) is 16.7 Å². The summed E-state index contributed by atoms with van der Waals surface area (Å²) in [5.74, 6) is 0. The molecule has 0 fully saturated rings. The average molecular weight is 564 g/mol. The van der Waals surface area contributed by atoms with E-state index >= 15 is 0 Å². The molecule has 0 radical (unpaired) electrons. The van der Waals surface area contributed by atoms with Crippen molar-refractivity contribution >= 4 is 35.6 Å². The molecule has 0 saturated carbocycles. The third kappa shape index (κ3) is 5.15. The molecule has 0 heterocycles. The van der Waals surface area contributed by atoms with Gasteiger partial charge in [-0.15, -0.1) is 0 Å². The van der Waals surface area contributed by atoms with Crippen molar-refractivity contribution in [3.63, 3.8) is 0 Å². The van der Waals surface area contributed by atoms with Crippen molar-refractivity contribution in [2.75, 3.05) is 0 Å². The predicted octanol–water partition coefficient (Wildman–Crippen LogP) is 7.23. The fourth-order valence-corrected chi connectivity index (χ4v) is 6.55. The van der Waals surface area contributed by atoms with Crippen LogP contribution in [-0.4, -0.2) is 40.4 Å². The molecule has 0 spiro atoms. The van der Waals surface area contributed by atoms with Crippen LogP contribution in [0.3, 0.4) is 0 Å². The number of carbonyl (C=O) groups is 3. The molecule has 3 aromatic rings. The zero-order valence-electron chi connectivity index (χ0n) is 23.9. The largest absolute Gasteiger partial charge is 0.301 e. The number of carbonyl (C=O) groups excluding carboxylic acids is 3. The topological polar surface area (TPSA) is 54.5 Å². The summed E-state index contributed by atoms with van der Waals surface area (Å²) in [6.07, 6.45) is 21.1. The summed E-state index contributed by atoms with van der Waals surface area (Å²) in [5, 5.41) is 0. The first kappa shape index (κ1) is 28.2. The molecule has 0 bridgehead atoms. The summed E-state index contributed by atoms with van der Waals surface area (Å²) in [6, 6.07) is 30.0. The molecular formula is C39H33NO3. The number of aldehydes is 3. The Morgan fingerprint density at radius 3 is 0.930 bits per heavy atom. The summed E-state index contributed by atoms with van der Waals surface area (Å²) in [6.45, 7) is 0. The molecule has 0 amide bonds. The highest BCUT2D eigenvalue weighted by Crippen LogP contribution is 2.46. The number of hydrogen-bond donors (Lipinski definition) is 0. The standard InChI is InChI=1S/C39H33NO3/c41-28-37(22-16-34(17-23-37)31-10-4-1-5-11-31)40(38(29-42)24-18-35(19-25-38)32-12-6-2-7-13-32)39(30-43)26-20-36(21-27-39)33-14-8-3-9-15-33/h1-22,24,26,28-30H,23,25,27H2. The third-order valence-corrected chi connectivity index (χ3v) is 8.78. The van der Waals surface area contributed by atoms with E-state index in [1.807, 2.05) is 151 Å². The van der Waals surface area contributed by atoms with Crippen LogP contribution in [0.2, 0.25) is 0 Å². The molecular weight excluding hydrogens is 530 g/mol. The summed E-state index contributed by atoms with van der Waals surface area (Å²) in [4.78, 5) is 41.8. The van der Waals surface area contributed by atoms with Gasteiger partial charge in [0, 0.05) is 0 Å². The van der Waals surface area contributed by atoms with Gasteiger partial charge in [0.1, 0.15) is 35.5 Å². The second kappa shape index (κ2) is 11.7. The minimum Gasteiger partial charge on any atom is -0.301 e. The molecule has 3 aromatic carbocycles. The van der Waals surface area contributed by atoms with Crippen molar-refractivity contribution in [3.8, 4) is 0 Å². The second-order valence-electron chi connectivity index (χ2n) is 11.4. The highest BCUT2D eigenvalue weighted by atomic mass is 16.1. The van der Waals surface area contributed by atoms with Crippen LogP contribution in [0.5, 0.6) is 0 Å². The zero-order valence-corrected chi connectivity index (χ0v) is 23.9. The molecule has 4 heteroatoms. The van der Waals surface area contributed by atoms with Crippen molar-refractivity contribution in [3.05, 3.63) is 162 Å². The summed E-state index contributed by atoms with van der Waals surface area (Å²) >= 11 is 0. The van der Waals surface area contributed by atoms with E-state index in [1.54, 1.807) is 0 Å². The molecule has 3 unspecified atom stereocenters. The van der Waals surface area contributed by atoms with Gasteiger partial charge in [-0.25, -0.2) is 0 Å². The van der Waals surface area contributed by atoms with E-state index in [-0.39, 0.29) is 0 Å². The van der Waals surface area contributed by atoms with Gasteiger partial charge in [0.15, 0.2) is 0 Å². The Morgan fingerprint density at radius 2 is 0.721 bits per heavy atom. The predicted molar refractivity (Wildman–Crippen MR) is 173 cm³/mol. The Hall–Kier alpha value is -4.93. The molecule has 3 aliphatic carbocycles. The minimum absolute atomic E-state index is 0.314. The molecule has 4 nitrogen and oxygen atoms in total. The maximum atomic E-state index is 13.3. The molecule has 3 aliphatic rings. The first-order chi connectivity index (χ1) is 21.1. The maximum Gasteiger partial charge on any atom is 0.144 e. The number of hydrogen-bond acceptors (Lipinski definition) is 4. The Morgan fingerprint density at radius 1 is 0.442 bits per heavy atom. The quantitative estimate of drug-likeness (QED) is 0.258. The van der Waals surface area contributed by atoms with E-state index < -0.39 is 16.6 Å². The fourth-order valence-electron chi connectivity index (χ4n) is 6.55. The van der Waals surface area contributed by atoms with Crippen LogP contribution in [0.15, 0.2) is 146 Å². The fraction of sp³-hybridized carbons (Fsp3) is 0.154. The molecule has 6 rings (SSSR count). The summed E-state index contributed by atoms with van der Waals surface area (Å²) in [7, 11) is 0. The Labute approximate surface area is 252 Å². The minimum atomic E-state index is -1.25. The van der Waals surface area contributed by atoms with Crippen molar-refractivity contribution in [1.29, 1.82) is 0 Å². The number of nitrogens with zero attached hydrogens (tertiary/aromatic N) is 1. The Balaban J connectivity index is 1.44. The van der Waals surface area contributed by atoms with E-state index in [0.29, 0.717) is 19.3 Å². The van der Waals surface area contributed by atoms with Gasteiger partial charge in [-0.2, -0.15) is 0 Å². The van der Waals surface area contributed by atoms with Gasteiger partial charge in [0.25, 0.3) is 0 Å². The van der Waals surface area contributed by atoms with Gasteiger partial charge in [-0.1, -0.05) is 146 Å². The normalized spacial score (nSPS) is 26.3. The number of allylic oxidation sites excluding steroid dienone is 6. The second-order valence-corrected chi connectivity index (χ2v) is 11.4. The SMILES string of the molecule is O=CC1(N(C2(C=O)C=CC(c3ccccc3)=CC2)C2(C=O)C=CC(c3ccccc3)=CC2)C=CC(c2ccccc2)=CC1. The van der Waals surface area contributed by atoms with Crippen LogP contribution < -0.4 is 0 Å². The van der Waals surface area contributed by atoms with Gasteiger partial charge < -0.3 is 14.4 Å². The van der Waals surface area contributed by atoms with Crippen LogP contribution in [-0.2, 0) is 14.4 Å². The lowest BCUT2D eigenvalue weighted by atomic mass is 9.72. The van der Waals surface area contributed by atoms with Gasteiger partial charge in [-0.05, 0) is 52.7 Å². The van der Waals surface area contributed by atoms with E-state index in [2.05, 4.69) is 0 Å². The van der Waals surface area contributed by atoms with Gasteiger partial charge in [0.05, 0.1) is 0 Å². The molecule has 0 N–H and O–H groups in total. The molecule has 0 saturated heterocycles. The molecule has 0 aromatic heterocycles. The first-order valence-electron chi connectivity index (χ1n) is 14.6. The van der Waals surface area contributed by atoms with Crippen LogP contribution in [0.1, 0.15) is 36.0 Å². The van der Waals surface area contributed by atoms with Gasteiger partial charge in [-0.3, -0.25) is 4.90 Å². The van der Waals surface area contributed by atoms with Crippen molar-refractivity contribution in [2.24, 2.45) is 0 Å². The molecule has 3 atom stereocenters. The van der Waals surface area contributed by atoms with Crippen LogP contribution >= 0.6 is 0 Å². The Bertz CT molecular complexity index is 1490. The zero-order chi connectivity index (χ0) is 29.8. The number of benzene rings is 3. The first-order valence-corrected chi connectivity index (χ1v) is 14.6. The molecule has 43 heavy (non-hydrogen) atoms. The van der Waals surface area contributed by atoms with Gasteiger partial charge in [0.2, 0.25) is 0 Å². The van der Waals surface area contributed by atoms with Gasteiger partial charge >= 0.3 is 0 Å².